The Morgan fingerprint density at radius 1 is 1.43 bits per heavy atom. The van der Waals surface area contributed by atoms with Crippen LogP contribution in [0.2, 0.25) is 5.02 Å². The van der Waals surface area contributed by atoms with Crippen LogP contribution in [0.15, 0.2) is 29.6 Å². The lowest BCUT2D eigenvalue weighted by Crippen LogP contribution is -2.21. The molecule has 7 heteroatoms. The van der Waals surface area contributed by atoms with Gasteiger partial charge in [-0.25, -0.2) is 4.79 Å². The smallest absolute Gasteiger partial charge is 0.348 e. The van der Waals surface area contributed by atoms with E-state index in [0.717, 1.165) is 11.3 Å². The first-order valence-corrected chi connectivity index (χ1v) is 7.22. The maximum Gasteiger partial charge on any atom is 0.348 e. The topological polar surface area (TPSA) is 75.6 Å². The van der Waals surface area contributed by atoms with Gasteiger partial charge >= 0.3 is 5.97 Å². The van der Waals surface area contributed by atoms with Gasteiger partial charge in [0.2, 0.25) is 0 Å². The number of ether oxygens (including phenoxy) is 1. The molecule has 21 heavy (non-hydrogen) atoms. The van der Waals surface area contributed by atoms with Crippen molar-refractivity contribution in [2.24, 2.45) is 0 Å². The predicted molar refractivity (Wildman–Crippen MR) is 81.6 cm³/mol. The Morgan fingerprint density at radius 2 is 2.19 bits per heavy atom. The van der Waals surface area contributed by atoms with Crippen molar-refractivity contribution in [2.45, 2.75) is 6.92 Å². The Bertz CT molecular complexity index is 683. The SMILES string of the molecule is Cc1csc(C(=O)O)c1NC(=O)COc1cccc(Cl)c1. The zero-order chi connectivity index (χ0) is 15.4. The molecule has 1 heterocycles. The van der Waals surface area contributed by atoms with E-state index in [9.17, 15) is 9.59 Å². The van der Waals surface area contributed by atoms with Gasteiger partial charge in [0.25, 0.3) is 5.91 Å². The molecule has 1 aromatic heterocycles. The molecule has 0 radical (unpaired) electrons. The van der Waals surface area contributed by atoms with Gasteiger partial charge in [0.05, 0.1) is 5.69 Å². The molecule has 0 aliphatic heterocycles. The van der Waals surface area contributed by atoms with Gasteiger partial charge in [0.1, 0.15) is 10.6 Å². The summed E-state index contributed by atoms with van der Waals surface area (Å²) in [6, 6.07) is 6.68. The van der Waals surface area contributed by atoms with E-state index < -0.39 is 11.9 Å². The molecule has 2 aromatic rings. The summed E-state index contributed by atoms with van der Waals surface area (Å²) in [5, 5.41) is 13.8. The van der Waals surface area contributed by atoms with Gasteiger partial charge in [-0.2, -0.15) is 0 Å². The zero-order valence-electron chi connectivity index (χ0n) is 11.1. The Hall–Kier alpha value is -2.05. The minimum absolute atomic E-state index is 0.101. The van der Waals surface area contributed by atoms with Crippen molar-refractivity contribution in [2.75, 3.05) is 11.9 Å². The minimum atomic E-state index is -1.07. The molecule has 0 spiro atoms. The highest BCUT2D eigenvalue weighted by Crippen LogP contribution is 2.27. The third kappa shape index (κ3) is 3.96. The van der Waals surface area contributed by atoms with Crippen LogP contribution in [0.4, 0.5) is 5.69 Å². The van der Waals surface area contributed by atoms with Crippen molar-refractivity contribution in [1.82, 2.24) is 0 Å². The summed E-state index contributed by atoms with van der Waals surface area (Å²) in [4.78, 5) is 23.0. The average molecular weight is 326 g/mol. The summed E-state index contributed by atoms with van der Waals surface area (Å²) in [7, 11) is 0. The number of anilines is 1. The highest BCUT2D eigenvalue weighted by Gasteiger charge is 2.17. The van der Waals surface area contributed by atoms with Crippen LogP contribution in [0.25, 0.3) is 0 Å². The van der Waals surface area contributed by atoms with Gasteiger partial charge in [-0.1, -0.05) is 17.7 Å². The summed E-state index contributed by atoms with van der Waals surface area (Å²) in [6.07, 6.45) is 0. The third-order valence-corrected chi connectivity index (χ3v) is 3.92. The molecule has 0 saturated heterocycles. The number of amides is 1. The number of halogens is 1. The fourth-order valence-electron chi connectivity index (χ4n) is 1.64. The summed E-state index contributed by atoms with van der Waals surface area (Å²) < 4.78 is 5.30. The number of aryl methyl sites for hydroxylation is 1. The number of nitrogens with one attached hydrogen (secondary N) is 1. The minimum Gasteiger partial charge on any atom is -0.484 e. The van der Waals surface area contributed by atoms with Crippen LogP contribution in [-0.2, 0) is 4.79 Å². The Kier molecular flexibility index (Phi) is 4.82. The third-order valence-electron chi connectivity index (χ3n) is 2.60. The predicted octanol–water partition coefficient (Wildman–Crippen LogP) is 3.43. The summed E-state index contributed by atoms with van der Waals surface area (Å²) in [5.74, 6) is -1.03. The number of aromatic carboxylic acids is 1. The number of hydrogen-bond donors (Lipinski definition) is 2. The van der Waals surface area contributed by atoms with E-state index in [1.54, 1.807) is 36.6 Å². The van der Waals surface area contributed by atoms with Crippen LogP contribution in [0.1, 0.15) is 15.2 Å². The van der Waals surface area contributed by atoms with E-state index in [-0.39, 0.29) is 11.5 Å². The van der Waals surface area contributed by atoms with E-state index in [1.807, 2.05) is 0 Å². The molecule has 1 amide bonds. The van der Waals surface area contributed by atoms with E-state index in [1.165, 1.54) is 0 Å². The standard InChI is InChI=1S/C14H12ClNO4S/c1-8-7-21-13(14(18)19)12(8)16-11(17)6-20-10-4-2-3-9(15)5-10/h2-5,7H,6H2,1H3,(H,16,17)(H,18,19). The highest BCUT2D eigenvalue weighted by molar-refractivity contribution is 7.12. The van der Waals surface area contributed by atoms with Crippen LogP contribution in [-0.4, -0.2) is 23.6 Å². The van der Waals surface area contributed by atoms with Gasteiger partial charge in [-0.05, 0) is 36.1 Å². The number of thiophene rings is 1. The van der Waals surface area contributed by atoms with Gasteiger partial charge in [0, 0.05) is 5.02 Å². The molecule has 0 fully saturated rings. The number of carbonyl (C=O) groups is 2. The van der Waals surface area contributed by atoms with Crippen molar-refractivity contribution in [3.05, 3.63) is 45.1 Å². The van der Waals surface area contributed by atoms with E-state index in [0.29, 0.717) is 22.0 Å². The lowest BCUT2D eigenvalue weighted by Gasteiger charge is -2.08. The number of hydrogen-bond acceptors (Lipinski definition) is 4. The second-order valence-electron chi connectivity index (χ2n) is 4.22. The molecular weight excluding hydrogens is 314 g/mol. The van der Waals surface area contributed by atoms with Crippen LogP contribution in [0.3, 0.4) is 0 Å². The quantitative estimate of drug-likeness (QED) is 0.883. The number of rotatable bonds is 5. The number of carboxylic acids is 1. The molecule has 0 unspecified atom stereocenters. The van der Waals surface area contributed by atoms with E-state index >= 15 is 0 Å². The Labute approximate surface area is 130 Å². The zero-order valence-corrected chi connectivity index (χ0v) is 12.6. The second kappa shape index (κ2) is 6.60. The molecule has 0 saturated carbocycles. The van der Waals surface area contributed by atoms with Crippen molar-refractivity contribution in [3.8, 4) is 5.75 Å². The summed E-state index contributed by atoms with van der Waals surface area (Å²) in [5.41, 5.74) is 1.01. The molecule has 2 N–H and O–H groups in total. The summed E-state index contributed by atoms with van der Waals surface area (Å²) in [6.45, 7) is 1.51. The van der Waals surface area contributed by atoms with E-state index in [2.05, 4.69) is 5.32 Å². The first-order chi connectivity index (χ1) is 9.97. The molecule has 0 aliphatic carbocycles. The molecule has 2 rings (SSSR count). The fraction of sp³-hybridized carbons (Fsp3) is 0.143. The first kappa shape index (κ1) is 15.3. The van der Waals surface area contributed by atoms with Crippen molar-refractivity contribution < 1.29 is 19.4 Å². The van der Waals surface area contributed by atoms with Crippen LogP contribution in [0, 0.1) is 6.92 Å². The Morgan fingerprint density at radius 3 is 2.86 bits per heavy atom. The molecule has 0 atom stereocenters. The number of carboxylic acid groups (broad SMARTS) is 1. The molecular formula is C14H12ClNO4S. The lowest BCUT2D eigenvalue weighted by molar-refractivity contribution is -0.118. The van der Waals surface area contributed by atoms with E-state index in [4.69, 9.17) is 21.4 Å². The van der Waals surface area contributed by atoms with Crippen LogP contribution >= 0.6 is 22.9 Å². The molecule has 0 aliphatic rings. The lowest BCUT2D eigenvalue weighted by atomic mass is 10.2. The average Bonchev–Trinajstić information content (AvgIpc) is 2.78. The molecule has 110 valence electrons. The maximum atomic E-state index is 11.8. The Balaban J connectivity index is 1.99. The van der Waals surface area contributed by atoms with Crippen molar-refractivity contribution in [3.63, 3.8) is 0 Å². The van der Waals surface area contributed by atoms with Crippen molar-refractivity contribution in [1.29, 1.82) is 0 Å². The highest BCUT2D eigenvalue weighted by atomic mass is 35.5. The molecule has 0 bridgehead atoms. The second-order valence-corrected chi connectivity index (χ2v) is 5.54. The van der Waals surface area contributed by atoms with Gasteiger partial charge in [-0.15, -0.1) is 11.3 Å². The maximum absolute atomic E-state index is 11.8. The fourth-order valence-corrected chi connectivity index (χ4v) is 2.66. The van der Waals surface area contributed by atoms with Crippen LogP contribution in [0.5, 0.6) is 5.75 Å². The van der Waals surface area contributed by atoms with Gasteiger partial charge in [0.15, 0.2) is 6.61 Å². The number of carbonyl (C=O) groups excluding carboxylic acids is 1. The summed E-state index contributed by atoms with van der Waals surface area (Å²) >= 11 is 6.88. The first-order valence-electron chi connectivity index (χ1n) is 5.97. The monoisotopic (exact) mass is 325 g/mol. The largest absolute Gasteiger partial charge is 0.484 e. The molecule has 1 aromatic carbocycles. The number of benzene rings is 1. The molecule has 5 nitrogen and oxygen atoms in total. The van der Waals surface area contributed by atoms with Crippen LogP contribution < -0.4 is 10.1 Å². The van der Waals surface area contributed by atoms with Gasteiger partial charge < -0.3 is 15.2 Å². The van der Waals surface area contributed by atoms with Crippen molar-refractivity contribution >= 4 is 40.5 Å². The van der Waals surface area contributed by atoms with Gasteiger partial charge in [-0.3, -0.25) is 4.79 Å². The normalized spacial score (nSPS) is 10.2.